The molecule has 2 heterocycles. The molecular formula is C20H21BrN4O2. The first-order chi connectivity index (χ1) is 13.2. The number of nitrogens with one attached hydrogen (secondary N) is 1. The fourth-order valence-electron chi connectivity index (χ4n) is 3.56. The molecule has 0 spiro atoms. The second kappa shape index (κ2) is 8.10. The molecule has 0 saturated carbocycles. The Kier molecular flexibility index (Phi) is 5.40. The van der Waals surface area contributed by atoms with Gasteiger partial charge in [0.1, 0.15) is 6.73 Å². The highest BCUT2D eigenvalue weighted by Crippen LogP contribution is 2.31. The topological polar surface area (TPSA) is 59.4 Å². The number of hydrogen-bond donors (Lipinski definition) is 1. The van der Waals surface area contributed by atoms with Crippen molar-refractivity contribution in [1.82, 2.24) is 14.8 Å². The number of rotatable bonds is 4. The molecule has 1 saturated heterocycles. The molecule has 0 radical (unpaired) electrons. The lowest BCUT2D eigenvalue weighted by molar-refractivity contribution is 0.0295. The van der Waals surface area contributed by atoms with Crippen molar-refractivity contribution in [2.45, 2.75) is 25.3 Å². The number of amides is 1. The third-order valence-electron chi connectivity index (χ3n) is 4.88. The van der Waals surface area contributed by atoms with Gasteiger partial charge in [-0.2, -0.15) is 9.89 Å². The van der Waals surface area contributed by atoms with Gasteiger partial charge < -0.3 is 4.74 Å². The first-order valence-electron chi connectivity index (χ1n) is 9.07. The molecule has 1 aliphatic rings. The van der Waals surface area contributed by atoms with Crippen LogP contribution in [0.15, 0.2) is 59.2 Å². The van der Waals surface area contributed by atoms with Crippen LogP contribution >= 0.6 is 15.9 Å². The van der Waals surface area contributed by atoms with Crippen molar-refractivity contribution < 1.29 is 9.53 Å². The summed E-state index contributed by atoms with van der Waals surface area (Å²) in [6, 6.07) is 16.3. The van der Waals surface area contributed by atoms with Gasteiger partial charge in [0.05, 0.1) is 11.7 Å². The van der Waals surface area contributed by atoms with Gasteiger partial charge >= 0.3 is 6.09 Å². The van der Waals surface area contributed by atoms with Gasteiger partial charge in [0, 0.05) is 22.4 Å². The Balaban J connectivity index is 1.39. The highest BCUT2D eigenvalue weighted by Gasteiger charge is 2.25. The van der Waals surface area contributed by atoms with E-state index in [1.807, 2.05) is 36.4 Å². The number of hydrogen-bond acceptors (Lipinski definition) is 4. The predicted octanol–water partition coefficient (Wildman–Crippen LogP) is 4.66. The molecule has 1 N–H and O–H groups in total. The zero-order valence-corrected chi connectivity index (χ0v) is 16.4. The van der Waals surface area contributed by atoms with Gasteiger partial charge in [-0.1, -0.05) is 52.7 Å². The number of nitrogens with zero attached hydrogens (tertiary/aromatic N) is 3. The first-order valence-corrected chi connectivity index (χ1v) is 9.86. The van der Waals surface area contributed by atoms with Crippen LogP contribution in [-0.4, -0.2) is 34.2 Å². The third kappa shape index (κ3) is 4.14. The minimum absolute atomic E-state index is 0.252. The van der Waals surface area contributed by atoms with Crippen molar-refractivity contribution in [3.63, 3.8) is 0 Å². The van der Waals surface area contributed by atoms with E-state index in [0.29, 0.717) is 0 Å². The maximum absolute atomic E-state index is 12.3. The minimum atomic E-state index is -0.512. The summed E-state index contributed by atoms with van der Waals surface area (Å²) in [5, 5.41) is 5.15. The number of likely N-dealkylation sites (tertiary alicyclic amines) is 1. The Bertz CT molecular complexity index is 942. The maximum atomic E-state index is 12.3. The number of carbonyl (C=O) groups is 1. The van der Waals surface area contributed by atoms with Crippen LogP contribution in [0.2, 0.25) is 0 Å². The SMILES string of the molecule is O=C(Nn1ncc2ccccc21)OCN1CCCC[C@H]1c1cccc(Br)c1. The van der Waals surface area contributed by atoms with Crippen LogP contribution in [0.25, 0.3) is 10.9 Å². The first kappa shape index (κ1) is 18.0. The van der Waals surface area contributed by atoms with E-state index in [1.165, 1.54) is 16.8 Å². The molecule has 3 aromatic rings. The van der Waals surface area contributed by atoms with Gasteiger partial charge in [-0.05, 0) is 36.6 Å². The number of fused-ring (bicyclic) bond motifs is 1. The highest BCUT2D eigenvalue weighted by molar-refractivity contribution is 9.10. The highest BCUT2D eigenvalue weighted by atomic mass is 79.9. The monoisotopic (exact) mass is 428 g/mol. The summed E-state index contributed by atoms with van der Waals surface area (Å²) >= 11 is 3.54. The second-order valence-electron chi connectivity index (χ2n) is 6.67. The molecule has 7 heteroatoms. The quantitative estimate of drug-likeness (QED) is 0.655. The fourth-order valence-corrected chi connectivity index (χ4v) is 3.97. The van der Waals surface area contributed by atoms with E-state index in [2.05, 4.69) is 43.5 Å². The van der Waals surface area contributed by atoms with Crippen LogP contribution in [0.1, 0.15) is 30.9 Å². The minimum Gasteiger partial charge on any atom is -0.432 e. The maximum Gasteiger partial charge on any atom is 0.429 e. The van der Waals surface area contributed by atoms with E-state index in [1.54, 1.807) is 6.20 Å². The number of benzene rings is 2. The molecular weight excluding hydrogens is 408 g/mol. The lowest BCUT2D eigenvalue weighted by atomic mass is 9.96. The standard InChI is InChI=1S/C20H21BrN4O2/c21-17-8-5-7-15(12-17)18-9-3-4-11-24(18)14-27-20(26)23-25-19-10-2-1-6-16(19)13-22-25/h1-2,5-8,10,12-13,18H,3-4,9,11,14H2,(H,23,26)/t18-/m0/s1. The summed E-state index contributed by atoms with van der Waals surface area (Å²) in [5.74, 6) is 0. The van der Waals surface area contributed by atoms with Crippen LogP contribution in [0.4, 0.5) is 4.79 Å². The number of aromatic nitrogens is 2. The normalized spacial score (nSPS) is 17.7. The molecule has 6 nitrogen and oxygen atoms in total. The van der Waals surface area contributed by atoms with Crippen LogP contribution < -0.4 is 5.43 Å². The predicted molar refractivity (Wildman–Crippen MR) is 108 cm³/mol. The van der Waals surface area contributed by atoms with Crippen molar-refractivity contribution in [2.24, 2.45) is 0 Å². The van der Waals surface area contributed by atoms with Gasteiger partial charge in [0.15, 0.2) is 0 Å². The number of halogens is 1. The number of para-hydroxylation sites is 1. The van der Waals surface area contributed by atoms with E-state index in [0.717, 1.165) is 34.8 Å². The summed E-state index contributed by atoms with van der Waals surface area (Å²) in [6.07, 6.45) is 4.55. The molecule has 1 aliphatic heterocycles. The van der Waals surface area contributed by atoms with Crippen LogP contribution in [0.3, 0.4) is 0 Å². The molecule has 1 amide bonds. The lowest BCUT2D eigenvalue weighted by Crippen LogP contribution is -2.37. The van der Waals surface area contributed by atoms with Crippen LogP contribution in [0, 0.1) is 0 Å². The average molecular weight is 429 g/mol. The molecule has 140 valence electrons. The second-order valence-corrected chi connectivity index (χ2v) is 7.58. The molecule has 2 aromatic carbocycles. The molecule has 1 aromatic heterocycles. The molecule has 0 aliphatic carbocycles. The van der Waals surface area contributed by atoms with E-state index in [9.17, 15) is 4.79 Å². The van der Waals surface area contributed by atoms with Crippen molar-refractivity contribution in [2.75, 3.05) is 18.7 Å². The molecule has 0 bridgehead atoms. The summed E-state index contributed by atoms with van der Waals surface area (Å²) in [4.78, 5) is 15.9. The third-order valence-corrected chi connectivity index (χ3v) is 5.38. The Labute approximate surface area is 166 Å². The zero-order valence-electron chi connectivity index (χ0n) is 14.8. The molecule has 0 unspecified atom stereocenters. The number of carbonyl (C=O) groups excluding carboxylic acids is 1. The van der Waals surface area contributed by atoms with E-state index < -0.39 is 6.09 Å². The van der Waals surface area contributed by atoms with Gasteiger partial charge in [-0.15, -0.1) is 0 Å². The van der Waals surface area contributed by atoms with Crippen molar-refractivity contribution in [1.29, 1.82) is 0 Å². The van der Waals surface area contributed by atoms with Gasteiger partial charge in [-0.3, -0.25) is 4.90 Å². The van der Waals surface area contributed by atoms with Gasteiger partial charge in [0.25, 0.3) is 0 Å². The van der Waals surface area contributed by atoms with Crippen molar-refractivity contribution in [3.8, 4) is 0 Å². The zero-order chi connectivity index (χ0) is 18.6. The number of ether oxygens (including phenoxy) is 1. The summed E-state index contributed by atoms with van der Waals surface area (Å²) in [5.41, 5.74) is 4.75. The van der Waals surface area contributed by atoms with E-state index in [-0.39, 0.29) is 12.8 Å². The largest absolute Gasteiger partial charge is 0.432 e. The Morgan fingerprint density at radius 2 is 2.11 bits per heavy atom. The van der Waals surface area contributed by atoms with Gasteiger partial charge in [0.2, 0.25) is 0 Å². The van der Waals surface area contributed by atoms with Crippen LogP contribution in [0.5, 0.6) is 0 Å². The lowest BCUT2D eigenvalue weighted by Gasteiger charge is -2.35. The molecule has 1 atom stereocenters. The fraction of sp³-hybridized carbons (Fsp3) is 0.300. The Morgan fingerprint density at radius 3 is 3.00 bits per heavy atom. The Morgan fingerprint density at radius 1 is 1.22 bits per heavy atom. The van der Waals surface area contributed by atoms with Crippen molar-refractivity contribution >= 4 is 32.9 Å². The van der Waals surface area contributed by atoms with E-state index in [4.69, 9.17) is 4.74 Å². The van der Waals surface area contributed by atoms with Gasteiger partial charge in [-0.25, -0.2) is 10.2 Å². The summed E-state index contributed by atoms with van der Waals surface area (Å²) in [7, 11) is 0. The summed E-state index contributed by atoms with van der Waals surface area (Å²) in [6.45, 7) is 1.16. The molecule has 4 rings (SSSR count). The molecule has 1 fully saturated rings. The Hall–Kier alpha value is -2.38. The number of piperidine rings is 1. The smallest absolute Gasteiger partial charge is 0.429 e. The summed E-state index contributed by atoms with van der Waals surface area (Å²) < 4.78 is 6.55. The van der Waals surface area contributed by atoms with Crippen LogP contribution in [-0.2, 0) is 4.74 Å². The van der Waals surface area contributed by atoms with Crippen molar-refractivity contribution in [3.05, 3.63) is 64.8 Å². The molecule has 27 heavy (non-hydrogen) atoms. The average Bonchev–Trinajstić information content (AvgIpc) is 3.09. The van der Waals surface area contributed by atoms with E-state index >= 15 is 0 Å².